The molecule has 0 atom stereocenters. The number of rotatable bonds is 7. The van der Waals surface area contributed by atoms with Gasteiger partial charge in [-0.15, -0.1) is 0 Å². The Morgan fingerprint density at radius 2 is 2.05 bits per heavy atom. The topological polar surface area (TPSA) is 54.2 Å². The number of nitrogens with zero attached hydrogens (tertiary/aromatic N) is 3. The van der Waals surface area contributed by atoms with Crippen LogP contribution in [0.25, 0.3) is 0 Å². The van der Waals surface area contributed by atoms with Gasteiger partial charge in [-0.05, 0) is 24.6 Å². The predicted octanol–water partition coefficient (Wildman–Crippen LogP) is 2.45. The fourth-order valence-corrected chi connectivity index (χ4v) is 1.85. The van der Waals surface area contributed by atoms with Crippen LogP contribution in [0.1, 0.15) is 25.2 Å². The van der Waals surface area contributed by atoms with Crippen LogP contribution in [-0.4, -0.2) is 23.6 Å². The van der Waals surface area contributed by atoms with Crippen molar-refractivity contribution in [2.75, 3.05) is 18.5 Å². The van der Waals surface area contributed by atoms with Crippen molar-refractivity contribution in [3.05, 3.63) is 42.1 Å². The molecule has 2 aromatic rings. The van der Waals surface area contributed by atoms with Crippen molar-refractivity contribution in [2.24, 2.45) is 5.92 Å². The van der Waals surface area contributed by atoms with E-state index in [0.717, 1.165) is 24.4 Å². The Morgan fingerprint density at radius 1 is 1.30 bits per heavy atom. The van der Waals surface area contributed by atoms with Crippen LogP contribution in [-0.2, 0) is 13.1 Å². The summed E-state index contributed by atoms with van der Waals surface area (Å²) in [6.07, 6.45) is 5.41. The lowest BCUT2D eigenvalue weighted by Crippen LogP contribution is -2.21. The van der Waals surface area contributed by atoms with Gasteiger partial charge in [-0.2, -0.15) is 0 Å². The Balaban J connectivity index is 1.87. The fourth-order valence-electron chi connectivity index (χ4n) is 1.85. The molecule has 0 aliphatic rings. The number of hydrogen-bond acceptors (Lipinski definition) is 5. The maximum Gasteiger partial charge on any atom is 0.225 e. The maximum atomic E-state index is 5.32. The van der Waals surface area contributed by atoms with E-state index < -0.39 is 0 Å². The lowest BCUT2D eigenvalue weighted by molar-refractivity contribution is 0.506. The molecular weight excluding hydrogens is 252 g/mol. The van der Waals surface area contributed by atoms with Crippen LogP contribution in [0.5, 0.6) is 0 Å². The quantitative estimate of drug-likeness (QED) is 0.840. The summed E-state index contributed by atoms with van der Waals surface area (Å²) in [6.45, 7) is 6.85. The second-order valence-corrected chi connectivity index (χ2v) is 5.35. The first-order chi connectivity index (χ1) is 9.65. The molecule has 2 rings (SSSR count). The van der Waals surface area contributed by atoms with Crippen molar-refractivity contribution in [1.29, 1.82) is 0 Å². The van der Waals surface area contributed by atoms with Crippen molar-refractivity contribution in [3.63, 3.8) is 0 Å². The standard InChI is InChI=1S/C15H22N4O/c1-12(2)7-16-8-13-9-17-15(18-10-13)19(3)11-14-5-4-6-20-14/h4-6,9-10,12,16H,7-8,11H2,1-3H3. The molecule has 0 bridgehead atoms. The van der Waals surface area contributed by atoms with E-state index in [1.54, 1.807) is 6.26 Å². The summed E-state index contributed by atoms with van der Waals surface area (Å²) >= 11 is 0. The molecule has 2 heterocycles. The van der Waals surface area contributed by atoms with Gasteiger partial charge in [0.1, 0.15) is 5.76 Å². The van der Waals surface area contributed by atoms with Crippen LogP contribution < -0.4 is 10.2 Å². The second-order valence-electron chi connectivity index (χ2n) is 5.35. The minimum Gasteiger partial charge on any atom is -0.467 e. The van der Waals surface area contributed by atoms with Gasteiger partial charge in [-0.1, -0.05) is 13.8 Å². The first kappa shape index (κ1) is 14.5. The fraction of sp³-hybridized carbons (Fsp3) is 0.467. The molecule has 0 fully saturated rings. The van der Waals surface area contributed by atoms with Crippen molar-refractivity contribution in [2.45, 2.75) is 26.9 Å². The van der Waals surface area contributed by atoms with E-state index in [1.165, 1.54) is 0 Å². The van der Waals surface area contributed by atoms with Crippen molar-refractivity contribution in [1.82, 2.24) is 15.3 Å². The molecule has 108 valence electrons. The molecule has 0 aliphatic carbocycles. The molecule has 1 N–H and O–H groups in total. The van der Waals surface area contributed by atoms with Gasteiger partial charge in [-0.3, -0.25) is 0 Å². The third kappa shape index (κ3) is 4.35. The monoisotopic (exact) mass is 274 g/mol. The number of furan rings is 1. The lowest BCUT2D eigenvalue weighted by atomic mass is 10.2. The zero-order chi connectivity index (χ0) is 14.4. The van der Waals surface area contributed by atoms with Crippen LogP contribution in [0.2, 0.25) is 0 Å². The van der Waals surface area contributed by atoms with Crippen molar-refractivity contribution in [3.8, 4) is 0 Å². The zero-order valence-corrected chi connectivity index (χ0v) is 12.3. The number of nitrogens with one attached hydrogen (secondary N) is 1. The molecule has 5 heteroatoms. The van der Waals surface area contributed by atoms with E-state index in [4.69, 9.17) is 4.42 Å². The minimum atomic E-state index is 0.648. The van der Waals surface area contributed by atoms with Crippen molar-refractivity contribution >= 4 is 5.95 Å². The summed E-state index contributed by atoms with van der Waals surface area (Å²) in [5.74, 6) is 2.25. The number of aromatic nitrogens is 2. The molecule has 0 aliphatic heterocycles. The highest BCUT2D eigenvalue weighted by Crippen LogP contribution is 2.10. The first-order valence-electron chi connectivity index (χ1n) is 6.90. The minimum absolute atomic E-state index is 0.648. The average Bonchev–Trinajstić information content (AvgIpc) is 2.92. The van der Waals surface area contributed by atoms with E-state index in [1.807, 2.05) is 36.5 Å². The average molecular weight is 274 g/mol. The highest BCUT2D eigenvalue weighted by atomic mass is 16.3. The third-order valence-corrected chi connectivity index (χ3v) is 2.89. The summed E-state index contributed by atoms with van der Waals surface area (Å²) in [4.78, 5) is 10.7. The predicted molar refractivity (Wildman–Crippen MR) is 79.4 cm³/mol. The van der Waals surface area contributed by atoms with Gasteiger partial charge in [0.15, 0.2) is 0 Å². The Kier molecular flexibility index (Phi) is 5.12. The SMILES string of the molecule is CC(C)CNCc1cnc(N(C)Cc2ccco2)nc1. The second kappa shape index (κ2) is 7.05. The molecule has 20 heavy (non-hydrogen) atoms. The van der Waals surface area contributed by atoms with Gasteiger partial charge in [0.05, 0.1) is 12.8 Å². The summed E-state index contributed by atoms with van der Waals surface area (Å²) in [5, 5.41) is 3.38. The number of anilines is 1. The van der Waals surface area contributed by atoms with Gasteiger partial charge in [0.25, 0.3) is 0 Å². The molecule has 0 amide bonds. The highest BCUT2D eigenvalue weighted by molar-refractivity contribution is 5.29. The summed E-state index contributed by atoms with van der Waals surface area (Å²) in [6, 6.07) is 3.83. The van der Waals surface area contributed by atoms with E-state index in [9.17, 15) is 0 Å². The molecule has 0 saturated carbocycles. The first-order valence-corrected chi connectivity index (χ1v) is 6.90. The molecule has 0 spiro atoms. The summed E-state index contributed by atoms with van der Waals surface area (Å²) < 4.78 is 5.32. The maximum absolute atomic E-state index is 5.32. The van der Waals surface area contributed by atoms with Crippen molar-refractivity contribution < 1.29 is 4.42 Å². The van der Waals surface area contributed by atoms with Gasteiger partial charge in [0.2, 0.25) is 5.95 Å². The van der Waals surface area contributed by atoms with E-state index in [-0.39, 0.29) is 0 Å². The van der Waals surface area contributed by atoms with E-state index in [0.29, 0.717) is 18.4 Å². The zero-order valence-electron chi connectivity index (χ0n) is 12.3. The molecule has 5 nitrogen and oxygen atoms in total. The summed E-state index contributed by atoms with van der Waals surface area (Å²) in [5.41, 5.74) is 1.10. The smallest absolute Gasteiger partial charge is 0.225 e. The van der Waals surface area contributed by atoms with E-state index in [2.05, 4.69) is 29.1 Å². The summed E-state index contributed by atoms with van der Waals surface area (Å²) in [7, 11) is 1.95. The highest BCUT2D eigenvalue weighted by Gasteiger charge is 2.06. The van der Waals surface area contributed by atoms with Crippen LogP contribution >= 0.6 is 0 Å². The lowest BCUT2D eigenvalue weighted by Gasteiger charge is -2.15. The van der Waals surface area contributed by atoms with Crippen LogP contribution in [0.4, 0.5) is 5.95 Å². The van der Waals surface area contributed by atoms with Gasteiger partial charge >= 0.3 is 0 Å². The molecular formula is C15H22N4O. The normalized spacial score (nSPS) is 11.0. The van der Waals surface area contributed by atoms with Gasteiger partial charge < -0.3 is 14.6 Å². The van der Waals surface area contributed by atoms with Crippen LogP contribution in [0, 0.1) is 5.92 Å². The van der Waals surface area contributed by atoms with Gasteiger partial charge in [0, 0.05) is 31.5 Å². The molecule has 0 unspecified atom stereocenters. The molecule has 2 aromatic heterocycles. The van der Waals surface area contributed by atoms with E-state index >= 15 is 0 Å². The van der Waals surface area contributed by atoms with Gasteiger partial charge in [-0.25, -0.2) is 9.97 Å². The third-order valence-electron chi connectivity index (χ3n) is 2.89. The Labute approximate surface area is 120 Å². The van der Waals surface area contributed by atoms with Crippen LogP contribution in [0.3, 0.4) is 0 Å². The largest absolute Gasteiger partial charge is 0.467 e. The number of hydrogen-bond donors (Lipinski definition) is 1. The Hall–Kier alpha value is -1.88. The molecule has 0 radical (unpaired) electrons. The Morgan fingerprint density at radius 3 is 2.65 bits per heavy atom. The Bertz CT molecular complexity index is 493. The molecule has 0 aromatic carbocycles. The van der Waals surface area contributed by atoms with Crippen LogP contribution in [0.15, 0.2) is 35.2 Å². The molecule has 0 saturated heterocycles.